The summed E-state index contributed by atoms with van der Waals surface area (Å²) in [6.07, 6.45) is 4.72. The van der Waals surface area contributed by atoms with Crippen LogP contribution in [0.3, 0.4) is 0 Å². The third-order valence-corrected chi connectivity index (χ3v) is 4.37. The lowest BCUT2D eigenvalue weighted by atomic mass is 10.1. The predicted molar refractivity (Wildman–Crippen MR) is 78.3 cm³/mol. The summed E-state index contributed by atoms with van der Waals surface area (Å²) in [5.74, 6) is 1.22. The van der Waals surface area contributed by atoms with Crippen molar-refractivity contribution in [1.82, 2.24) is 5.32 Å². The fraction of sp³-hybridized carbons (Fsp3) is 0.857. The molecule has 0 rings (SSSR count). The Balaban J connectivity index is 3.94. The highest BCUT2D eigenvalue weighted by Crippen LogP contribution is 2.18. The highest BCUT2D eigenvalue weighted by atomic mass is 32.2. The van der Waals surface area contributed by atoms with Crippen molar-refractivity contribution in [2.75, 3.05) is 12.3 Å². The van der Waals surface area contributed by atoms with Crippen LogP contribution in [-0.4, -0.2) is 23.6 Å². The second kappa shape index (κ2) is 10.2. The predicted octanol–water partition coefficient (Wildman–Crippen LogP) is 4.24. The second-order valence-corrected chi connectivity index (χ2v) is 5.98. The summed E-state index contributed by atoms with van der Waals surface area (Å²) in [7, 11) is 0. The Bertz CT molecular complexity index is 180. The minimum atomic E-state index is 0.617. The van der Waals surface area contributed by atoms with E-state index >= 15 is 0 Å². The van der Waals surface area contributed by atoms with Crippen molar-refractivity contribution in [2.45, 2.75) is 64.7 Å². The molecule has 0 spiro atoms. The van der Waals surface area contributed by atoms with Crippen LogP contribution in [0.1, 0.15) is 53.4 Å². The van der Waals surface area contributed by atoms with Crippen molar-refractivity contribution < 1.29 is 0 Å². The Kier molecular flexibility index (Phi) is 10.3. The molecule has 0 aromatic rings. The number of rotatable bonds is 10. The third-order valence-electron chi connectivity index (χ3n) is 2.87. The van der Waals surface area contributed by atoms with Gasteiger partial charge in [-0.2, -0.15) is 11.8 Å². The van der Waals surface area contributed by atoms with Gasteiger partial charge in [-0.25, -0.2) is 0 Å². The molecule has 96 valence electrons. The Morgan fingerprint density at radius 2 is 2.00 bits per heavy atom. The molecule has 0 radical (unpaired) electrons. The van der Waals surface area contributed by atoms with Crippen LogP contribution in [-0.2, 0) is 0 Å². The highest BCUT2D eigenvalue weighted by molar-refractivity contribution is 7.99. The molecule has 0 saturated heterocycles. The summed E-state index contributed by atoms with van der Waals surface area (Å²) in [5, 5.41) is 4.41. The minimum Gasteiger partial charge on any atom is -0.313 e. The van der Waals surface area contributed by atoms with Crippen LogP contribution < -0.4 is 5.32 Å². The molecule has 0 aromatic carbocycles. The molecular formula is C14H29NS. The van der Waals surface area contributed by atoms with E-state index in [1.54, 1.807) is 0 Å². The van der Waals surface area contributed by atoms with Gasteiger partial charge in [0.2, 0.25) is 0 Å². The molecule has 2 unspecified atom stereocenters. The summed E-state index contributed by atoms with van der Waals surface area (Å²) in [5.41, 5.74) is 1.37. The van der Waals surface area contributed by atoms with E-state index in [0.29, 0.717) is 6.04 Å². The molecule has 0 aromatic heterocycles. The lowest BCUT2D eigenvalue weighted by molar-refractivity contribution is 0.543. The zero-order valence-electron chi connectivity index (χ0n) is 11.5. The SMILES string of the molecule is C=C(CC)CC(CSC(C)CC)NCCC. The molecule has 2 heteroatoms. The zero-order valence-corrected chi connectivity index (χ0v) is 12.3. The van der Waals surface area contributed by atoms with E-state index in [0.717, 1.165) is 24.6 Å². The van der Waals surface area contributed by atoms with Gasteiger partial charge in [0.25, 0.3) is 0 Å². The maximum absolute atomic E-state index is 4.12. The molecule has 0 aliphatic heterocycles. The van der Waals surface area contributed by atoms with Crippen molar-refractivity contribution in [3.63, 3.8) is 0 Å². The van der Waals surface area contributed by atoms with Crippen LogP contribution in [0.5, 0.6) is 0 Å². The van der Waals surface area contributed by atoms with E-state index < -0.39 is 0 Å². The van der Waals surface area contributed by atoms with Gasteiger partial charge in [-0.1, -0.05) is 39.8 Å². The fourth-order valence-corrected chi connectivity index (χ4v) is 2.46. The summed E-state index contributed by atoms with van der Waals surface area (Å²) in [6, 6.07) is 0.617. The average Bonchev–Trinajstić information content (AvgIpc) is 2.31. The molecule has 1 nitrogen and oxygen atoms in total. The Hall–Kier alpha value is 0.0500. The van der Waals surface area contributed by atoms with Gasteiger partial charge in [0.05, 0.1) is 0 Å². The smallest absolute Gasteiger partial charge is 0.0195 e. The van der Waals surface area contributed by atoms with E-state index in [-0.39, 0.29) is 0 Å². The van der Waals surface area contributed by atoms with Gasteiger partial charge in [0.15, 0.2) is 0 Å². The standard InChI is InChI=1S/C14H29NS/c1-6-9-15-14(10-12(4)7-2)11-16-13(5)8-3/h13-15H,4,6-11H2,1-3,5H3. The van der Waals surface area contributed by atoms with Crippen LogP contribution >= 0.6 is 11.8 Å². The lowest BCUT2D eigenvalue weighted by Crippen LogP contribution is -2.32. The van der Waals surface area contributed by atoms with Crippen molar-refractivity contribution in [3.05, 3.63) is 12.2 Å². The quantitative estimate of drug-likeness (QED) is 0.576. The monoisotopic (exact) mass is 243 g/mol. The summed E-state index contributed by atoms with van der Waals surface area (Å²) < 4.78 is 0. The van der Waals surface area contributed by atoms with E-state index in [1.165, 1.54) is 24.2 Å². The largest absolute Gasteiger partial charge is 0.313 e. The maximum Gasteiger partial charge on any atom is 0.0195 e. The zero-order chi connectivity index (χ0) is 12.4. The summed E-state index contributed by atoms with van der Waals surface area (Å²) in [4.78, 5) is 0. The van der Waals surface area contributed by atoms with Crippen LogP contribution in [0, 0.1) is 0 Å². The molecule has 0 amide bonds. The van der Waals surface area contributed by atoms with Crippen molar-refractivity contribution in [1.29, 1.82) is 0 Å². The molecular weight excluding hydrogens is 214 g/mol. The average molecular weight is 243 g/mol. The first kappa shape index (κ1) is 16.1. The Morgan fingerprint density at radius 1 is 1.31 bits per heavy atom. The van der Waals surface area contributed by atoms with Crippen molar-refractivity contribution in [3.8, 4) is 0 Å². The topological polar surface area (TPSA) is 12.0 Å². The number of nitrogens with one attached hydrogen (secondary N) is 1. The van der Waals surface area contributed by atoms with Gasteiger partial charge in [-0.05, 0) is 32.2 Å². The molecule has 0 saturated carbocycles. The Labute approximate surface area is 106 Å². The molecule has 0 heterocycles. The Morgan fingerprint density at radius 3 is 2.50 bits per heavy atom. The molecule has 0 bridgehead atoms. The molecule has 16 heavy (non-hydrogen) atoms. The van der Waals surface area contributed by atoms with Gasteiger partial charge in [0, 0.05) is 17.0 Å². The van der Waals surface area contributed by atoms with Gasteiger partial charge in [-0.15, -0.1) is 0 Å². The van der Waals surface area contributed by atoms with Crippen LogP contribution in [0.4, 0.5) is 0 Å². The third kappa shape index (κ3) is 8.23. The fourth-order valence-electron chi connectivity index (χ4n) is 1.43. The van der Waals surface area contributed by atoms with Gasteiger partial charge in [-0.3, -0.25) is 0 Å². The first-order valence-electron chi connectivity index (χ1n) is 6.65. The molecule has 0 fully saturated rings. The molecule has 1 N–H and O–H groups in total. The summed E-state index contributed by atoms with van der Waals surface area (Å²) >= 11 is 2.08. The molecule has 0 aliphatic carbocycles. The number of hydrogen-bond donors (Lipinski definition) is 1. The van der Waals surface area contributed by atoms with Crippen molar-refractivity contribution >= 4 is 11.8 Å². The van der Waals surface area contributed by atoms with Gasteiger partial charge < -0.3 is 5.32 Å². The van der Waals surface area contributed by atoms with E-state index in [4.69, 9.17) is 0 Å². The number of thioether (sulfide) groups is 1. The normalized spacial score (nSPS) is 14.8. The first-order chi connectivity index (χ1) is 7.63. The van der Waals surface area contributed by atoms with Crippen LogP contribution in [0.2, 0.25) is 0 Å². The molecule has 2 atom stereocenters. The van der Waals surface area contributed by atoms with Crippen LogP contribution in [0.25, 0.3) is 0 Å². The van der Waals surface area contributed by atoms with E-state index in [9.17, 15) is 0 Å². The lowest BCUT2D eigenvalue weighted by Gasteiger charge is -2.20. The second-order valence-electron chi connectivity index (χ2n) is 4.51. The van der Waals surface area contributed by atoms with Gasteiger partial charge >= 0.3 is 0 Å². The van der Waals surface area contributed by atoms with Crippen molar-refractivity contribution in [2.24, 2.45) is 0 Å². The van der Waals surface area contributed by atoms with E-state index in [2.05, 4.69) is 51.4 Å². The summed E-state index contributed by atoms with van der Waals surface area (Å²) in [6.45, 7) is 14.2. The molecule has 0 aliphatic rings. The first-order valence-corrected chi connectivity index (χ1v) is 7.70. The van der Waals surface area contributed by atoms with E-state index in [1.807, 2.05) is 0 Å². The van der Waals surface area contributed by atoms with Gasteiger partial charge in [0.1, 0.15) is 0 Å². The minimum absolute atomic E-state index is 0.617. The maximum atomic E-state index is 4.12. The number of hydrogen-bond acceptors (Lipinski definition) is 2. The highest BCUT2D eigenvalue weighted by Gasteiger charge is 2.10. The van der Waals surface area contributed by atoms with Crippen LogP contribution in [0.15, 0.2) is 12.2 Å².